The van der Waals surface area contributed by atoms with Gasteiger partial charge in [-0.15, -0.1) is 0 Å². The van der Waals surface area contributed by atoms with Gasteiger partial charge in [0.2, 0.25) is 5.91 Å². The van der Waals surface area contributed by atoms with Gasteiger partial charge in [0.25, 0.3) is 0 Å². The minimum atomic E-state index is 0.142. The zero-order valence-electron chi connectivity index (χ0n) is 13.6. The lowest BCUT2D eigenvalue weighted by Crippen LogP contribution is -2.38. The van der Waals surface area contributed by atoms with Crippen molar-refractivity contribution in [3.05, 3.63) is 24.3 Å². The van der Waals surface area contributed by atoms with E-state index in [2.05, 4.69) is 21.8 Å². The van der Waals surface area contributed by atoms with E-state index in [0.717, 1.165) is 24.4 Å². The minimum absolute atomic E-state index is 0.142. The van der Waals surface area contributed by atoms with Gasteiger partial charge in [-0.2, -0.15) is 11.8 Å². The first kappa shape index (κ1) is 17.2. The van der Waals surface area contributed by atoms with Crippen LogP contribution in [0.3, 0.4) is 0 Å². The Kier molecular flexibility index (Phi) is 7.12. The predicted octanol–water partition coefficient (Wildman–Crippen LogP) is 1.69. The highest BCUT2D eigenvalue weighted by atomic mass is 32.2. The molecule has 1 amide bonds. The Balaban J connectivity index is 1.65. The molecule has 2 heterocycles. The third kappa shape index (κ3) is 5.57. The summed E-state index contributed by atoms with van der Waals surface area (Å²) < 4.78 is 0. The molecule has 6 heteroatoms. The van der Waals surface area contributed by atoms with Crippen molar-refractivity contribution in [2.24, 2.45) is 0 Å². The molecule has 0 saturated carbocycles. The van der Waals surface area contributed by atoms with Crippen LogP contribution >= 0.6 is 11.8 Å². The average Bonchev–Trinajstić information content (AvgIpc) is 3.05. The molecule has 5 nitrogen and oxygen atoms in total. The van der Waals surface area contributed by atoms with E-state index in [0.29, 0.717) is 5.75 Å². The van der Waals surface area contributed by atoms with Gasteiger partial charge in [-0.25, -0.2) is 0 Å². The molecule has 0 unspecified atom stereocenters. The van der Waals surface area contributed by atoms with E-state index in [1.54, 1.807) is 30.4 Å². The molecule has 0 aromatic carbocycles. The fourth-order valence-corrected chi connectivity index (χ4v) is 3.49. The zero-order valence-corrected chi connectivity index (χ0v) is 14.4. The van der Waals surface area contributed by atoms with Crippen molar-refractivity contribution in [2.45, 2.75) is 32.2 Å². The third-order valence-electron chi connectivity index (χ3n) is 4.15. The number of likely N-dealkylation sites (N-methyl/N-ethyl adjacent to an activating group) is 1. The highest BCUT2D eigenvalue weighted by Gasteiger charge is 2.17. The Hall–Kier alpha value is -1.14. The van der Waals surface area contributed by atoms with Crippen molar-refractivity contribution >= 4 is 17.7 Å². The zero-order chi connectivity index (χ0) is 15.8. The van der Waals surface area contributed by atoms with Crippen molar-refractivity contribution in [1.29, 1.82) is 0 Å². The summed E-state index contributed by atoms with van der Waals surface area (Å²) in [7, 11) is 1.88. The molecule has 0 radical (unpaired) electrons. The van der Waals surface area contributed by atoms with E-state index < -0.39 is 0 Å². The van der Waals surface area contributed by atoms with Crippen LogP contribution in [-0.2, 0) is 11.2 Å². The van der Waals surface area contributed by atoms with Gasteiger partial charge in [0.15, 0.2) is 0 Å². The van der Waals surface area contributed by atoms with Crippen molar-refractivity contribution in [2.75, 3.05) is 38.2 Å². The molecule has 0 aliphatic carbocycles. The van der Waals surface area contributed by atoms with Crippen LogP contribution in [0.15, 0.2) is 18.6 Å². The number of nitrogens with zero attached hydrogens (tertiary/aromatic N) is 4. The van der Waals surface area contributed by atoms with Crippen LogP contribution in [0.5, 0.6) is 0 Å². The Labute approximate surface area is 137 Å². The standard InChI is InChI=1S/C16H26N4OS/c1-14(11-15-12-17-5-6-18-15)19(2)16(21)13-22-10-9-20-7-3-4-8-20/h5-6,12,14H,3-4,7-11,13H2,1-2H3/t14-/m0/s1. The number of carbonyl (C=O) groups excluding carboxylic acids is 1. The van der Waals surface area contributed by atoms with Gasteiger partial charge in [-0.05, 0) is 32.9 Å². The lowest BCUT2D eigenvalue weighted by molar-refractivity contribution is -0.128. The topological polar surface area (TPSA) is 49.3 Å². The molecule has 1 fully saturated rings. The van der Waals surface area contributed by atoms with Crippen molar-refractivity contribution in [3.63, 3.8) is 0 Å². The molecule has 22 heavy (non-hydrogen) atoms. The molecule has 0 spiro atoms. The Morgan fingerprint density at radius 2 is 2.18 bits per heavy atom. The van der Waals surface area contributed by atoms with E-state index in [4.69, 9.17) is 0 Å². The Morgan fingerprint density at radius 3 is 2.86 bits per heavy atom. The number of likely N-dealkylation sites (tertiary alicyclic amines) is 1. The number of amides is 1. The number of rotatable bonds is 8. The van der Waals surface area contributed by atoms with Gasteiger partial charge in [0.1, 0.15) is 0 Å². The van der Waals surface area contributed by atoms with Crippen LogP contribution in [-0.4, -0.2) is 69.9 Å². The lowest BCUT2D eigenvalue weighted by atomic mass is 10.1. The van der Waals surface area contributed by atoms with E-state index in [1.807, 2.05) is 11.9 Å². The van der Waals surface area contributed by atoms with E-state index >= 15 is 0 Å². The highest BCUT2D eigenvalue weighted by Crippen LogP contribution is 2.11. The van der Waals surface area contributed by atoms with Gasteiger partial charge in [0, 0.05) is 50.4 Å². The summed E-state index contributed by atoms with van der Waals surface area (Å²) in [6.45, 7) is 5.62. The molecule has 2 rings (SSSR count). The van der Waals surface area contributed by atoms with E-state index in [1.165, 1.54) is 25.9 Å². The molecule has 0 N–H and O–H groups in total. The molecule has 122 valence electrons. The molecule has 1 aromatic heterocycles. The van der Waals surface area contributed by atoms with Gasteiger partial charge in [-0.1, -0.05) is 0 Å². The van der Waals surface area contributed by atoms with Crippen molar-refractivity contribution in [1.82, 2.24) is 19.8 Å². The highest BCUT2D eigenvalue weighted by molar-refractivity contribution is 7.99. The van der Waals surface area contributed by atoms with Gasteiger partial charge in [0.05, 0.1) is 11.4 Å². The number of hydrogen-bond donors (Lipinski definition) is 0. The first-order valence-corrected chi connectivity index (χ1v) is 9.13. The minimum Gasteiger partial charge on any atom is -0.342 e. The number of thioether (sulfide) groups is 1. The molecular formula is C16H26N4OS. The van der Waals surface area contributed by atoms with Gasteiger partial charge < -0.3 is 9.80 Å². The van der Waals surface area contributed by atoms with Gasteiger partial charge >= 0.3 is 0 Å². The molecule has 1 atom stereocenters. The summed E-state index contributed by atoms with van der Waals surface area (Å²) >= 11 is 1.74. The normalized spacial score (nSPS) is 16.6. The maximum atomic E-state index is 12.2. The first-order chi connectivity index (χ1) is 10.7. The monoisotopic (exact) mass is 322 g/mol. The van der Waals surface area contributed by atoms with Crippen LogP contribution in [0.2, 0.25) is 0 Å². The van der Waals surface area contributed by atoms with Gasteiger partial charge in [-0.3, -0.25) is 14.8 Å². The smallest absolute Gasteiger partial charge is 0.232 e. The number of hydrogen-bond acceptors (Lipinski definition) is 5. The van der Waals surface area contributed by atoms with Crippen LogP contribution in [0, 0.1) is 0 Å². The lowest BCUT2D eigenvalue weighted by Gasteiger charge is -2.24. The fraction of sp³-hybridized carbons (Fsp3) is 0.688. The first-order valence-electron chi connectivity index (χ1n) is 7.97. The Bertz CT molecular complexity index is 451. The maximum Gasteiger partial charge on any atom is 0.232 e. The van der Waals surface area contributed by atoms with Crippen LogP contribution < -0.4 is 0 Å². The quantitative estimate of drug-likeness (QED) is 0.682. The summed E-state index contributed by atoms with van der Waals surface area (Å²) in [5.74, 6) is 1.80. The molecule has 1 aliphatic rings. The van der Waals surface area contributed by atoms with Crippen molar-refractivity contribution in [3.8, 4) is 0 Å². The van der Waals surface area contributed by atoms with Crippen LogP contribution in [0.1, 0.15) is 25.5 Å². The second-order valence-electron chi connectivity index (χ2n) is 5.86. The third-order valence-corrected chi connectivity index (χ3v) is 5.07. The summed E-state index contributed by atoms with van der Waals surface area (Å²) in [5.41, 5.74) is 0.927. The summed E-state index contributed by atoms with van der Waals surface area (Å²) in [4.78, 5) is 24.9. The van der Waals surface area contributed by atoms with Crippen LogP contribution in [0.4, 0.5) is 0 Å². The number of aromatic nitrogens is 2. The van der Waals surface area contributed by atoms with E-state index in [9.17, 15) is 4.79 Å². The summed E-state index contributed by atoms with van der Waals surface area (Å²) in [6.07, 6.45) is 8.52. The van der Waals surface area contributed by atoms with Crippen LogP contribution in [0.25, 0.3) is 0 Å². The van der Waals surface area contributed by atoms with Crippen molar-refractivity contribution < 1.29 is 4.79 Å². The maximum absolute atomic E-state index is 12.2. The fourth-order valence-electron chi connectivity index (χ4n) is 2.58. The average molecular weight is 322 g/mol. The molecular weight excluding hydrogens is 296 g/mol. The second-order valence-corrected chi connectivity index (χ2v) is 6.96. The SMILES string of the molecule is C[C@@H](Cc1cnccn1)N(C)C(=O)CSCCN1CCCC1. The predicted molar refractivity (Wildman–Crippen MR) is 91.0 cm³/mol. The molecule has 1 saturated heterocycles. The molecule has 0 bridgehead atoms. The number of carbonyl (C=O) groups is 1. The van der Waals surface area contributed by atoms with E-state index in [-0.39, 0.29) is 11.9 Å². The second kappa shape index (κ2) is 9.10. The molecule has 1 aliphatic heterocycles. The largest absolute Gasteiger partial charge is 0.342 e. The summed E-state index contributed by atoms with van der Waals surface area (Å²) in [5, 5.41) is 0. The summed E-state index contributed by atoms with van der Waals surface area (Å²) in [6, 6.07) is 0.142. The molecule has 1 aromatic rings. The Morgan fingerprint density at radius 1 is 1.41 bits per heavy atom.